The maximum Gasteiger partial charge on any atom is 0.0266 e. The molecule has 88 valence electrons. The zero-order chi connectivity index (χ0) is 12.3. The minimum Gasteiger partial charge on any atom is -0.324 e. The number of aryl methyl sites for hydroxylation is 1. The Balaban J connectivity index is 2.11. The average Bonchev–Trinajstić information content (AvgIpc) is 2.33. The Kier molecular flexibility index (Phi) is 3.87. The van der Waals surface area contributed by atoms with E-state index in [0.717, 1.165) is 0 Å². The molecule has 0 heterocycles. The van der Waals surface area contributed by atoms with Gasteiger partial charge in [0.15, 0.2) is 0 Å². The highest BCUT2D eigenvalue weighted by atomic mass is 32.2. The molecular formula is C15H17NS. The Morgan fingerprint density at radius 2 is 1.35 bits per heavy atom. The summed E-state index contributed by atoms with van der Waals surface area (Å²) >= 11 is 1.78. The van der Waals surface area contributed by atoms with Gasteiger partial charge in [0.25, 0.3) is 0 Å². The molecule has 2 aromatic carbocycles. The number of benzene rings is 2. The van der Waals surface area contributed by atoms with E-state index < -0.39 is 0 Å². The zero-order valence-electron chi connectivity index (χ0n) is 10.2. The van der Waals surface area contributed by atoms with E-state index in [4.69, 9.17) is 5.73 Å². The highest BCUT2D eigenvalue weighted by Crippen LogP contribution is 2.28. The molecule has 17 heavy (non-hydrogen) atoms. The first kappa shape index (κ1) is 12.2. The summed E-state index contributed by atoms with van der Waals surface area (Å²) < 4.78 is 0. The molecule has 0 aliphatic carbocycles. The van der Waals surface area contributed by atoms with Crippen LogP contribution in [0.1, 0.15) is 24.1 Å². The Hall–Kier alpha value is -1.25. The van der Waals surface area contributed by atoms with Crippen molar-refractivity contribution in [2.75, 3.05) is 0 Å². The fraction of sp³-hybridized carbons (Fsp3) is 0.200. The number of hydrogen-bond donors (Lipinski definition) is 1. The molecule has 2 aromatic rings. The van der Waals surface area contributed by atoms with Gasteiger partial charge in [-0.25, -0.2) is 0 Å². The molecule has 1 nitrogen and oxygen atoms in total. The Labute approximate surface area is 107 Å². The maximum atomic E-state index is 5.83. The smallest absolute Gasteiger partial charge is 0.0266 e. The lowest BCUT2D eigenvalue weighted by Gasteiger charge is -2.07. The monoisotopic (exact) mass is 243 g/mol. The van der Waals surface area contributed by atoms with Gasteiger partial charge < -0.3 is 5.73 Å². The molecule has 0 aliphatic heterocycles. The van der Waals surface area contributed by atoms with Crippen LogP contribution in [-0.2, 0) is 0 Å². The minimum absolute atomic E-state index is 0.105. The third-order valence-corrected chi connectivity index (χ3v) is 3.68. The largest absolute Gasteiger partial charge is 0.324 e. The van der Waals surface area contributed by atoms with Crippen molar-refractivity contribution in [2.45, 2.75) is 29.7 Å². The van der Waals surface area contributed by atoms with Crippen LogP contribution in [0, 0.1) is 6.92 Å². The topological polar surface area (TPSA) is 26.0 Å². The first-order valence-corrected chi connectivity index (χ1v) is 6.57. The molecule has 0 fully saturated rings. The van der Waals surface area contributed by atoms with Crippen LogP contribution in [0.5, 0.6) is 0 Å². The second-order valence-electron chi connectivity index (χ2n) is 4.27. The van der Waals surface area contributed by atoms with Gasteiger partial charge in [-0.1, -0.05) is 41.6 Å². The summed E-state index contributed by atoms with van der Waals surface area (Å²) in [5.74, 6) is 0. The molecule has 0 bridgehead atoms. The van der Waals surface area contributed by atoms with Gasteiger partial charge in [-0.3, -0.25) is 0 Å². The molecule has 1 atom stereocenters. The lowest BCUT2D eigenvalue weighted by Crippen LogP contribution is -2.04. The molecule has 0 aromatic heterocycles. The molecule has 2 rings (SSSR count). The van der Waals surface area contributed by atoms with E-state index in [2.05, 4.69) is 55.5 Å². The lowest BCUT2D eigenvalue weighted by atomic mass is 10.1. The van der Waals surface area contributed by atoms with E-state index in [9.17, 15) is 0 Å². The molecule has 0 saturated carbocycles. The summed E-state index contributed by atoms with van der Waals surface area (Å²) in [4.78, 5) is 2.52. The number of nitrogens with two attached hydrogens (primary N) is 1. The van der Waals surface area contributed by atoms with E-state index in [1.54, 1.807) is 11.8 Å². The second-order valence-corrected chi connectivity index (χ2v) is 5.42. The molecule has 2 N–H and O–H groups in total. The summed E-state index contributed by atoms with van der Waals surface area (Å²) in [6.45, 7) is 4.11. The van der Waals surface area contributed by atoms with Crippen molar-refractivity contribution < 1.29 is 0 Å². The van der Waals surface area contributed by atoms with Gasteiger partial charge in [0.05, 0.1) is 0 Å². The first-order chi connectivity index (χ1) is 8.15. The number of rotatable bonds is 3. The summed E-state index contributed by atoms with van der Waals surface area (Å²) in [5, 5.41) is 0. The van der Waals surface area contributed by atoms with Gasteiger partial charge in [-0.15, -0.1) is 0 Å². The van der Waals surface area contributed by atoms with Crippen LogP contribution in [0.4, 0.5) is 0 Å². The predicted molar refractivity (Wildman–Crippen MR) is 74.3 cm³/mol. The van der Waals surface area contributed by atoms with Crippen molar-refractivity contribution >= 4 is 11.8 Å². The SMILES string of the molecule is Cc1ccc(Sc2ccc([C@@H](C)N)cc2)cc1. The fourth-order valence-corrected chi connectivity index (χ4v) is 2.40. The van der Waals surface area contributed by atoms with Gasteiger partial charge >= 0.3 is 0 Å². The molecule has 0 radical (unpaired) electrons. The van der Waals surface area contributed by atoms with Crippen LogP contribution in [-0.4, -0.2) is 0 Å². The van der Waals surface area contributed by atoms with Crippen molar-refractivity contribution in [1.29, 1.82) is 0 Å². The first-order valence-electron chi connectivity index (χ1n) is 5.75. The molecule has 0 unspecified atom stereocenters. The molecular weight excluding hydrogens is 226 g/mol. The minimum atomic E-state index is 0.105. The second kappa shape index (κ2) is 5.39. The standard InChI is InChI=1S/C15H17NS/c1-11-3-7-14(8-4-11)17-15-9-5-13(6-10-15)12(2)16/h3-10,12H,16H2,1-2H3/t12-/m1/s1. The average molecular weight is 243 g/mol. The van der Waals surface area contributed by atoms with Crippen molar-refractivity contribution in [3.63, 3.8) is 0 Å². The van der Waals surface area contributed by atoms with Crippen LogP contribution in [0.25, 0.3) is 0 Å². The Morgan fingerprint density at radius 1 is 0.882 bits per heavy atom. The number of hydrogen-bond acceptors (Lipinski definition) is 2. The lowest BCUT2D eigenvalue weighted by molar-refractivity contribution is 0.817. The van der Waals surface area contributed by atoms with Gasteiger partial charge in [-0.2, -0.15) is 0 Å². The highest BCUT2D eigenvalue weighted by molar-refractivity contribution is 7.99. The van der Waals surface area contributed by atoms with Crippen molar-refractivity contribution in [3.8, 4) is 0 Å². The predicted octanol–water partition coefficient (Wildman–Crippen LogP) is 4.17. The third-order valence-electron chi connectivity index (χ3n) is 2.66. The summed E-state index contributed by atoms with van der Waals surface area (Å²) in [6, 6.07) is 17.1. The maximum absolute atomic E-state index is 5.83. The summed E-state index contributed by atoms with van der Waals surface area (Å²) in [5.41, 5.74) is 8.30. The Morgan fingerprint density at radius 3 is 1.82 bits per heavy atom. The van der Waals surface area contributed by atoms with E-state index in [-0.39, 0.29) is 6.04 Å². The molecule has 0 amide bonds. The van der Waals surface area contributed by atoms with Gasteiger partial charge in [0.2, 0.25) is 0 Å². The van der Waals surface area contributed by atoms with Crippen LogP contribution < -0.4 is 5.73 Å². The van der Waals surface area contributed by atoms with Crippen LogP contribution in [0.3, 0.4) is 0 Å². The molecule has 0 saturated heterocycles. The van der Waals surface area contributed by atoms with E-state index in [1.807, 2.05) is 6.92 Å². The quantitative estimate of drug-likeness (QED) is 0.875. The Bertz CT molecular complexity index is 471. The fourth-order valence-electron chi connectivity index (χ4n) is 1.58. The van der Waals surface area contributed by atoms with E-state index in [0.29, 0.717) is 0 Å². The van der Waals surface area contributed by atoms with Crippen molar-refractivity contribution in [3.05, 3.63) is 59.7 Å². The molecule has 2 heteroatoms. The molecule has 0 aliphatic rings. The van der Waals surface area contributed by atoms with Crippen LogP contribution in [0.2, 0.25) is 0 Å². The van der Waals surface area contributed by atoms with E-state index >= 15 is 0 Å². The van der Waals surface area contributed by atoms with Gasteiger partial charge in [0, 0.05) is 15.8 Å². The van der Waals surface area contributed by atoms with E-state index in [1.165, 1.54) is 20.9 Å². The third kappa shape index (κ3) is 3.35. The highest BCUT2D eigenvalue weighted by Gasteiger charge is 2.00. The summed E-state index contributed by atoms with van der Waals surface area (Å²) in [6.07, 6.45) is 0. The van der Waals surface area contributed by atoms with Gasteiger partial charge in [0.1, 0.15) is 0 Å². The van der Waals surface area contributed by atoms with Crippen molar-refractivity contribution in [2.24, 2.45) is 5.73 Å². The van der Waals surface area contributed by atoms with Gasteiger partial charge in [-0.05, 0) is 43.7 Å². The van der Waals surface area contributed by atoms with Crippen LogP contribution in [0.15, 0.2) is 58.3 Å². The molecule has 0 spiro atoms. The van der Waals surface area contributed by atoms with Crippen molar-refractivity contribution in [1.82, 2.24) is 0 Å². The summed E-state index contributed by atoms with van der Waals surface area (Å²) in [7, 11) is 0. The van der Waals surface area contributed by atoms with Crippen LogP contribution >= 0.6 is 11.8 Å². The zero-order valence-corrected chi connectivity index (χ0v) is 11.0. The normalized spacial score (nSPS) is 12.4.